The number of esters is 1. The van der Waals surface area contributed by atoms with E-state index < -0.39 is 22.8 Å². The van der Waals surface area contributed by atoms with Gasteiger partial charge in [0.15, 0.2) is 11.9 Å². The zero-order chi connectivity index (χ0) is 20.5. The second-order valence-electron chi connectivity index (χ2n) is 6.35. The van der Waals surface area contributed by atoms with Gasteiger partial charge in [0.05, 0.1) is 16.2 Å². The molecule has 8 nitrogen and oxygen atoms in total. The normalized spacial score (nSPS) is 11.7. The minimum absolute atomic E-state index is 0.0178. The Morgan fingerprint density at radius 3 is 2.33 bits per heavy atom. The van der Waals surface area contributed by atoms with Crippen molar-refractivity contribution in [2.75, 3.05) is 0 Å². The van der Waals surface area contributed by atoms with Gasteiger partial charge in [0.2, 0.25) is 5.78 Å². The second kappa shape index (κ2) is 7.53. The van der Waals surface area contributed by atoms with E-state index in [1.165, 1.54) is 26.0 Å². The Hall–Kier alpha value is -3.29. The summed E-state index contributed by atoms with van der Waals surface area (Å²) in [7, 11) is 0. The molecular formula is C19H20N2O6. The first-order valence-electron chi connectivity index (χ1n) is 8.25. The SMILES string of the molecule is CC(=O)c1c(C)[nH]c(C(=O)[C@H](C)OC(=O)c2ccc(C)c([N+](=O)[O-])c2)c1C. The molecule has 1 heterocycles. The molecule has 0 fully saturated rings. The molecule has 2 aromatic rings. The molecule has 0 bridgehead atoms. The van der Waals surface area contributed by atoms with Crippen LogP contribution in [0.5, 0.6) is 0 Å². The van der Waals surface area contributed by atoms with Gasteiger partial charge in [-0.05, 0) is 46.2 Å². The molecule has 0 radical (unpaired) electrons. The second-order valence-corrected chi connectivity index (χ2v) is 6.35. The number of nitro groups is 1. The van der Waals surface area contributed by atoms with E-state index in [-0.39, 0.29) is 22.7 Å². The van der Waals surface area contributed by atoms with E-state index in [0.29, 0.717) is 22.4 Å². The van der Waals surface area contributed by atoms with E-state index in [4.69, 9.17) is 4.74 Å². The van der Waals surface area contributed by atoms with Gasteiger partial charge in [-0.3, -0.25) is 19.7 Å². The summed E-state index contributed by atoms with van der Waals surface area (Å²) in [6.07, 6.45) is -1.13. The average Bonchev–Trinajstić information content (AvgIpc) is 2.88. The van der Waals surface area contributed by atoms with Crippen molar-refractivity contribution >= 4 is 23.2 Å². The van der Waals surface area contributed by atoms with Crippen LogP contribution >= 0.6 is 0 Å². The summed E-state index contributed by atoms with van der Waals surface area (Å²) >= 11 is 0. The van der Waals surface area contributed by atoms with Gasteiger partial charge in [0, 0.05) is 22.9 Å². The van der Waals surface area contributed by atoms with Crippen molar-refractivity contribution in [3.05, 3.63) is 62.0 Å². The van der Waals surface area contributed by atoms with Crippen LogP contribution in [0, 0.1) is 30.9 Å². The molecule has 1 aromatic carbocycles. The maximum absolute atomic E-state index is 12.6. The molecule has 8 heteroatoms. The molecule has 0 unspecified atom stereocenters. The topological polar surface area (TPSA) is 119 Å². The molecule has 0 amide bonds. The quantitative estimate of drug-likeness (QED) is 0.359. The summed E-state index contributed by atoms with van der Waals surface area (Å²) < 4.78 is 5.18. The minimum atomic E-state index is -1.13. The van der Waals surface area contributed by atoms with Gasteiger partial charge in [0.25, 0.3) is 5.69 Å². The molecule has 27 heavy (non-hydrogen) atoms. The standard InChI is InChI=1S/C19H20N2O6/c1-9-6-7-14(8-15(9)21(25)26)19(24)27-13(5)18(23)17-10(2)16(12(4)22)11(3)20-17/h6-8,13,20H,1-5H3/t13-/m0/s1. The number of aromatic amines is 1. The van der Waals surface area contributed by atoms with Gasteiger partial charge in [-0.2, -0.15) is 0 Å². The highest BCUT2D eigenvalue weighted by Crippen LogP contribution is 2.22. The monoisotopic (exact) mass is 372 g/mol. The molecule has 0 aliphatic carbocycles. The average molecular weight is 372 g/mol. The van der Waals surface area contributed by atoms with E-state index in [9.17, 15) is 24.5 Å². The molecule has 1 N–H and O–H groups in total. The molecule has 0 saturated heterocycles. The van der Waals surface area contributed by atoms with Crippen molar-refractivity contribution in [3.63, 3.8) is 0 Å². The van der Waals surface area contributed by atoms with Crippen LogP contribution in [0.1, 0.15) is 61.9 Å². The highest BCUT2D eigenvalue weighted by molar-refractivity contribution is 6.05. The van der Waals surface area contributed by atoms with Gasteiger partial charge < -0.3 is 9.72 Å². The Morgan fingerprint density at radius 2 is 1.81 bits per heavy atom. The van der Waals surface area contributed by atoms with E-state index in [0.717, 1.165) is 6.07 Å². The first-order valence-corrected chi connectivity index (χ1v) is 8.25. The van der Waals surface area contributed by atoms with Gasteiger partial charge >= 0.3 is 5.97 Å². The Kier molecular flexibility index (Phi) is 5.58. The largest absolute Gasteiger partial charge is 0.451 e. The third kappa shape index (κ3) is 3.94. The number of benzene rings is 1. The molecule has 142 valence electrons. The molecular weight excluding hydrogens is 352 g/mol. The molecule has 2 rings (SSSR count). The number of nitro benzene ring substituents is 1. The first kappa shape index (κ1) is 20.0. The predicted molar refractivity (Wildman–Crippen MR) is 97.3 cm³/mol. The van der Waals surface area contributed by atoms with Crippen LogP contribution in [0.3, 0.4) is 0 Å². The number of H-pyrrole nitrogens is 1. The lowest BCUT2D eigenvalue weighted by Gasteiger charge is -2.12. The van der Waals surface area contributed by atoms with Crippen molar-refractivity contribution in [1.29, 1.82) is 0 Å². The third-order valence-corrected chi connectivity index (χ3v) is 4.33. The maximum atomic E-state index is 12.6. The molecule has 1 aromatic heterocycles. The summed E-state index contributed by atoms with van der Waals surface area (Å²) in [6.45, 7) is 7.70. The van der Waals surface area contributed by atoms with E-state index >= 15 is 0 Å². The number of aromatic nitrogens is 1. The number of nitrogens with one attached hydrogen (secondary N) is 1. The number of nitrogens with zero attached hydrogens (tertiary/aromatic N) is 1. The Bertz CT molecular complexity index is 957. The van der Waals surface area contributed by atoms with Crippen LogP contribution in [0.4, 0.5) is 5.69 Å². The Morgan fingerprint density at radius 1 is 1.19 bits per heavy atom. The number of hydrogen-bond acceptors (Lipinski definition) is 6. The van der Waals surface area contributed by atoms with Gasteiger partial charge in [-0.25, -0.2) is 4.79 Å². The summed E-state index contributed by atoms with van der Waals surface area (Å²) in [5.41, 5.74) is 1.89. The molecule has 0 aliphatic heterocycles. The highest BCUT2D eigenvalue weighted by Gasteiger charge is 2.27. The van der Waals surface area contributed by atoms with E-state index in [2.05, 4.69) is 4.98 Å². The fraction of sp³-hybridized carbons (Fsp3) is 0.316. The number of hydrogen-bond donors (Lipinski definition) is 1. The lowest BCUT2D eigenvalue weighted by molar-refractivity contribution is -0.385. The van der Waals surface area contributed by atoms with Crippen molar-refractivity contribution < 1.29 is 24.0 Å². The van der Waals surface area contributed by atoms with Gasteiger partial charge in [-0.1, -0.05) is 6.07 Å². The summed E-state index contributed by atoms with van der Waals surface area (Å²) in [5, 5.41) is 11.0. The lowest BCUT2D eigenvalue weighted by atomic mass is 10.0. The van der Waals surface area contributed by atoms with E-state index in [1.807, 2.05) is 0 Å². The van der Waals surface area contributed by atoms with Crippen LogP contribution in [-0.4, -0.2) is 33.5 Å². The summed E-state index contributed by atoms with van der Waals surface area (Å²) in [4.78, 5) is 49.9. The number of Topliss-reactive ketones (excluding diaryl/α,β-unsaturated/α-hetero) is 2. The smallest absolute Gasteiger partial charge is 0.339 e. The Balaban J connectivity index is 2.23. The fourth-order valence-electron chi connectivity index (χ4n) is 2.94. The van der Waals surface area contributed by atoms with Crippen LogP contribution in [0.15, 0.2) is 18.2 Å². The number of rotatable bonds is 6. The number of carbonyl (C=O) groups is 3. The van der Waals surface area contributed by atoms with Gasteiger partial charge in [0.1, 0.15) is 0 Å². The highest BCUT2D eigenvalue weighted by atomic mass is 16.6. The number of carbonyl (C=O) groups excluding carboxylic acids is 3. The minimum Gasteiger partial charge on any atom is -0.451 e. The Labute approximate surface area is 155 Å². The van der Waals surface area contributed by atoms with Gasteiger partial charge in [-0.15, -0.1) is 0 Å². The van der Waals surface area contributed by atoms with Crippen LogP contribution in [-0.2, 0) is 4.74 Å². The molecule has 1 atom stereocenters. The van der Waals surface area contributed by atoms with E-state index in [1.54, 1.807) is 20.8 Å². The summed E-state index contributed by atoms with van der Waals surface area (Å²) in [5.74, 6) is -1.50. The van der Waals surface area contributed by atoms with Crippen molar-refractivity contribution in [2.24, 2.45) is 0 Å². The van der Waals surface area contributed by atoms with Crippen LogP contribution < -0.4 is 0 Å². The number of ketones is 2. The molecule has 0 aliphatic rings. The number of ether oxygens (including phenoxy) is 1. The number of aryl methyl sites for hydroxylation is 2. The molecule has 0 saturated carbocycles. The third-order valence-electron chi connectivity index (χ3n) is 4.33. The van der Waals surface area contributed by atoms with Crippen molar-refractivity contribution in [3.8, 4) is 0 Å². The predicted octanol–water partition coefficient (Wildman–Crippen LogP) is 3.48. The maximum Gasteiger partial charge on any atom is 0.339 e. The van der Waals surface area contributed by atoms with Crippen LogP contribution in [0.2, 0.25) is 0 Å². The van der Waals surface area contributed by atoms with Crippen LogP contribution in [0.25, 0.3) is 0 Å². The zero-order valence-corrected chi connectivity index (χ0v) is 15.7. The first-order chi connectivity index (χ1) is 12.5. The molecule has 0 spiro atoms. The summed E-state index contributed by atoms with van der Waals surface area (Å²) in [6, 6.07) is 3.96. The lowest BCUT2D eigenvalue weighted by Crippen LogP contribution is -2.25. The van der Waals surface area contributed by atoms with Crippen molar-refractivity contribution in [2.45, 2.75) is 40.7 Å². The van der Waals surface area contributed by atoms with Crippen molar-refractivity contribution in [1.82, 2.24) is 4.98 Å². The zero-order valence-electron chi connectivity index (χ0n) is 15.7. The fourth-order valence-corrected chi connectivity index (χ4v) is 2.94.